The third kappa shape index (κ3) is 5.16. The van der Waals surface area contributed by atoms with E-state index in [1.165, 1.54) is 16.7 Å². The Morgan fingerprint density at radius 1 is 1.09 bits per heavy atom. The second-order valence-corrected chi connectivity index (χ2v) is 9.53. The van der Waals surface area contributed by atoms with Crippen LogP contribution >= 0.6 is 11.8 Å². The zero-order valence-corrected chi connectivity index (χ0v) is 19.8. The van der Waals surface area contributed by atoms with Gasteiger partial charge in [0.2, 0.25) is 11.8 Å². The van der Waals surface area contributed by atoms with Gasteiger partial charge in [-0.05, 0) is 49.6 Å². The number of carbonyl (C=O) groups excluding carboxylic acids is 3. The summed E-state index contributed by atoms with van der Waals surface area (Å²) in [7, 11) is 1.54. The van der Waals surface area contributed by atoms with Crippen molar-refractivity contribution in [3.63, 3.8) is 0 Å². The van der Waals surface area contributed by atoms with Crippen molar-refractivity contribution in [1.82, 2.24) is 4.90 Å². The molecule has 0 aromatic heterocycles. The maximum Gasteiger partial charge on any atom is 0.250 e. The second-order valence-electron chi connectivity index (χ2n) is 8.38. The molecule has 0 radical (unpaired) electrons. The van der Waals surface area contributed by atoms with Crippen molar-refractivity contribution < 1.29 is 19.1 Å². The molecule has 0 saturated carbocycles. The lowest BCUT2D eigenvalue weighted by atomic mass is 10.2. The molecular formula is C25H29N3O4S. The number of rotatable bonds is 5. The molecule has 0 spiro atoms. The molecule has 2 aromatic carbocycles. The van der Waals surface area contributed by atoms with Gasteiger partial charge in [-0.3, -0.25) is 14.4 Å². The van der Waals surface area contributed by atoms with Gasteiger partial charge in [-0.2, -0.15) is 0 Å². The van der Waals surface area contributed by atoms with E-state index in [0.29, 0.717) is 30.2 Å². The lowest BCUT2D eigenvalue weighted by Gasteiger charge is -2.34. The van der Waals surface area contributed by atoms with Crippen LogP contribution in [-0.4, -0.2) is 54.6 Å². The smallest absolute Gasteiger partial charge is 0.250 e. The molecule has 174 valence electrons. The van der Waals surface area contributed by atoms with E-state index in [1.807, 2.05) is 48.2 Å². The largest absolute Gasteiger partial charge is 0.495 e. The van der Waals surface area contributed by atoms with Crippen molar-refractivity contribution in [3.8, 4) is 5.75 Å². The Hall–Kier alpha value is -3.00. The molecule has 2 aliphatic heterocycles. The van der Waals surface area contributed by atoms with E-state index < -0.39 is 5.25 Å². The maximum absolute atomic E-state index is 13.5. The average molecular weight is 468 g/mol. The van der Waals surface area contributed by atoms with Crippen LogP contribution in [0.3, 0.4) is 0 Å². The van der Waals surface area contributed by atoms with Gasteiger partial charge in [-0.15, -0.1) is 11.8 Å². The Bertz CT molecular complexity index is 1050. The van der Waals surface area contributed by atoms with Gasteiger partial charge < -0.3 is 19.9 Å². The van der Waals surface area contributed by atoms with Crippen LogP contribution in [0.15, 0.2) is 47.4 Å². The minimum Gasteiger partial charge on any atom is -0.495 e. The molecule has 4 rings (SSSR count). The molecule has 1 N–H and O–H groups in total. The number of anilines is 2. The molecule has 7 nitrogen and oxygen atoms in total. The number of nitrogens with one attached hydrogen (secondary N) is 1. The fraction of sp³-hybridized carbons (Fsp3) is 0.400. The fourth-order valence-electron chi connectivity index (χ4n) is 4.25. The number of hydrogen-bond donors (Lipinski definition) is 1. The summed E-state index contributed by atoms with van der Waals surface area (Å²) >= 11 is 1.28. The van der Waals surface area contributed by atoms with E-state index in [4.69, 9.17) is 4.74 Å². The van der Waals surface area contributed by atoms with Crippen LogP contribution in [0, 0.1) is 6.92 Å². The predicted octanol–water partition coefficient (Wildman–Crippen LogP) is 3.85. The van der Waals surface area contributed by atoms with E-state index >= 15 is 0 Å². The fourth-order valence-corrected chi connectivity index (χ4v) is 5.43. The van der Waals surface area contributed by atoms with Gasteiger partial charge in [-0.25, -0.2) is 0 Å². The van der Waals surface area contributed by atoms with Crippen LogP contribution in [0.4, 0.5) is 11.4 Å². The number of fused-ring (bicyclic) bond motifs is 1. The number of carbonyl (C=O) groups is 3. The molecule has 2 aliphatic rings. The van der Waals surface area contributed by atoms with Crippen molar-refractivity contribution in [3.05, 3.63) is 48.0 Å². The third-order valence-electron chi connectivity index (χ3n) is 5.96. The van der Waals surface area contributed by atoms with Crippen molar-refractivity contribution in [2.24, 2.45) is 0 Å². The monoisotopic (exact) mass is 467 g/mol. The van der Waals surface area contributed by atoms with Crippen molar-refractivity contribution >= 4 is 40.9 Å². The summed E-state index contributed by atoms with van der Waals surface area (Å²) in [5.41, 5.74) is 2.18. The Balaban J connectivity index is 1.56. The normalized spacial score (nSPS) is 18.4. The van der Waals surface area contributed by atoms with Crippen molar-refractivity contribution in [2.45, 2.75) is 42.8 Å². The van der Waals surface area contributed by atoms with Crippen LogP contribution in [0.5, 0.6) is 5.75 Å². The zero-order valence-electron chi connectivity index (χ0n) is 19.0. The Morgan fingerprint density at radius 3 is 2.55 bits per heavy atom. The SMILES string of the molecule is COc1ccc(C)cc1NC(=O)CN1C(=O)[C@@H](C(=O)N2CCCCCC2)Sc2ccccc21. The Morgan fingerprint density at radius 2 is 1.82 bits per heavy atom. The molecule has 2 heterocycles. The van der Waals surface area contributed by atoms with Gasteiger partial charge in [0, 0.05) is 18.0 Å². The summed E-state index contributed by atoms with van der Waals surface area (Å²) < 4.78 is 5.35. The van der Waals surface area contributed by atoms with Gasteiger partial charge in [0.05, 0.1) is 18.5 Å². The average Bonchev–Trinajstić information content (AvgIpc) is 3.10. The molecule has 1 saturated heterocycles. The molecule has 8 heteroatoms. The molecule has 3 amide bonds. The number of ether oxygens (including phenoxy) is 1. The van der Waals surface area contributed by atoms with E-state index in [9.17, 15) is 14.4 Å². The Labute approximate surface area is 198 Å². The topological polar surface area (TPSA) is 79.0 Å². The second kappa shape index (κ2) is 10.3. The van der Waals surface area contributed by atoms with Crippen LogP contribution in [-0.2, 0) is 14.4 Å². The number of benzene rings is 2. The number of likely N-dealkylation sites (tertiary alicyclic amines) is 1. The third-order valence-corrected chi connectivity index (χ3v) is 7.20. The first-order chi connectivity index (χ1) is 16.0. The molecule has 1 atom stereocenters. The number of aryl methyl sites for hydroxylation is 1. The highest BCUT2D eigenvalue weighted by atomic mass is 32.2. The number of amides is 3. The summed E-state index contributed by atoms with van der Waals surface area (Å²) in [6.07, 6.45) is 4.12. The van der Waals surface area contributed by atoms with Crippen LogP contribution < -0.4 is 15.0 Å². The van der Waals surface area contributed by atoms with E-state index in [1.54, 1.807) is 13.2 Å². The molecule has 0 bridgehead atoms. The number of methoxy groups -OCH3 is 1. The van der Waals surface area contributed by atoms with Gasteiger partial charge in [-0.1, -0.05) is 31.0 Å². The molecule has 2 aromatic rings. The van der Waals surface area contributed by atoms with E-state index in [0.717, 1.165) is 36.1 Å². The first-order valence-corrected chi connectivity index (χ1v) is 12.2. The summed E-state index contributed by atoms with van der Waals surface area (Å²) in [6, 6.07) is 12.9. The highest BCUT2D eigenvalue weighted by Crippen LogP contribution is 2.40. The molecule has 0 aliphatic carbocycles. The lowest BCUT2D eigenvalue weighted by Crippen LogP contribution is -2.51. The number of nitrogens with zero attached hydrogens (tertiary/aromatic N) is 2. The Kier molecular flexibility index (Phi) is 7.23. The highest BCUT2D eigenvalue weighted by molar-refractivity contribution is 8.01. The van der Waals surface area contributed by atoms with Crippen LogP contribution in [0.25, 0.3) is 0 Å². The highest BCUT2D eigenvalue weighted by Gasteiger charge is 2.40. The summed E-state index contributed by atoms with van der Waals surface area (Å²) in [5.74, 6) is -0.314. The summed E-state index contributed by atoms with van der Waals surface area (Å²) in [5, 5.41) is 1.98. The number of hydrogen-bond acceptors (Lipinski definition) is 5. The quantitative estimate of drug-likeness (QED) is 0.676. The van der Waals surface area contributed by atoms with Gasteiger partial charge >= 0.3 is 0 Å². The standard InChI is InChI=1S/C25H29N3O4S/c1-17-11-12-20(32-2)18(15-17)26-22(29)16-28-19-9-5-6-10-21(19)33-23(25(28)31)24(30)27-13-7-3-4-8-14-27/h5-6,9-12,15,23H,3-4,7-8,13-14,16H2,1-2H3,(H,26,29)/t23-/m1/s1. The minimum atomic E-state index is -0.876. The van der Waals surface area contributed by atoms with Crippen LogP contribution in [0.2, 0.25) is 0 Å². The zero-order chi connectivity index (χ0) is 23.4. The molecule has 1 fully saturated rings. The summed E-state index contributed by atoms with van der Waals surface area (Å²) in [6.45, 7) is 3.10. The van der Waals surface area contributed by atoms with Gasteiger partial charge in [0.15, 0.2) is 5.25 Å². The maximum atomic E-state index is 13.5. The van der Waals surface area contributed by atoms with Crippen molar-refractivity contribution in [1.29, 1.82) is 0 Å². The molecule has 33 heavy (non-hydrogen) atoms. The predicted molar refractivity (Wildman–Crippen MR) is 130 cm³/mol. The van der Waals surface area contributed by atoms with Gasteiger partial charge in [0.1, 0.15) is 12.3 Å². The number of thioether (sulfide) groups is 1. The van der Waals surface area contributed by atoms with E-state index in [-0.39, 0.29) is 24.3 Å². The lowest BCUT2D eigenvalue weighted by molar-refractivity contribution is -0.135. The van der Waals surface area contributed by atoms with E-state index in [2.05, 4.69) is 5.32 Å². The first-order valence-electron chi connectivity index (χ1n) is 11.3. The molecule has 0 unspecified atom stereocenters. The first kappa shape index (κ1) is 23.2. The number of para-hydroxylation sites is 1. The minimum absolute atomic E-state index is 0.160. The van der Waals surface area contributed by atoms with Gasteiger partial charge in [0.25, 0.3) is 5.91 Å². The van der Waals surface area contributed by atoms with Crippen LogP contribution in [0.1, 0.15) is 31.2 Å². The molecular weight excluding hydrogens is 438 g/mol. The summed E-state index contributed by atoms with van der Waals surface area (Å²) in [4.78, 5) is 43.8. The van der Waals surface area contributed by atoms with Crippen molar-refractivity contribution in [2.75, 3.05) is 37.0 Å².